The molecule has 6 nitrogen and oxygen atoms in total. The van der Waals surface area contributed by atoms with E-state index in [4.69, 9.17) is 4.52 Å². The van der Waals surface area contributed by atoms with Crippen molar-refractivity contribution in [2.45, 2.75) is 56.7 Å². The van der Waals surface area contributed by atoms with Gasteiger partial charge in [0, 0.05) is 19.0 Å². The summed E-state index contributed by atoms with van der Waals surface area (Å²) in [5, 5.41) is 14.6. The van der Waals surface area contributed by atoms with Crippen molar-refractivity contribution in [3.8, 4) is 0 Å². The van der Waals surface area contributed by atoms with Crippen LogP contribution in [0.3, 0.4) is 0 Å². The van der Waals surface area contributed by atoms with Gasteiger partial charge < -0.3 is 14.5 Å². The molecular formula is C16H23N3O3. The molecule has 2 aliphatic rings. The van der Waals surface area contributed by atoms with E-state index in [-0.39, 0.29) is 12.1 Å². The van der Waals surface area contributed by atoms with Crippen LogP contribution in [0.15, 0.2) is 23.2 Å². The van der Waals surface area contributed by atoms with Gasteiger partial charge in [-0.3, -0.25) is 0 Å². The number of aliphatic hydroxyl groups is 1. The highest BCUT2D eigenvalue weighted by Gasteiger charge is 2.44. The van der Waals surface area contributed by atoms with Crippen LogP contribution in [-0.4, -0.2) is 40.5 Å². The molecule has 22 heavy (non-hydrogen) atoms. The molecule has 1 aromatic rings. The van der Waals surface area contributed by atoms with E-state index in [1.165, 1.54) is 29.1 Å². The summed E-state index contributed by atoms with van der Waals surface area (Å²) in [5.74, 6) is 0.735. The van der Waals surface area contributed by atoms with Gasteiger partial charge in [-0.15, -0.1) is 6.58 Å². The Kier molecular flexibility index (Phi) is 4.20. The fraction of sp³-hybridized carbons (Fsp3) is 0.625. The standard InChI is InChI=1S/C16H23N3O3/c1-3-7-13-15(20)19(16(21)18(13)2)14-10-12(17-22-14)11-8-5-4-6-9-11/h3,10-11,13,15,20H,1,4-9H2,2H3. The third-order valence-corrected chi connectivity index (χ3v) is 4.80. The van der Waals surface area contributed by atoms with Gasteiger partial charge in [-0.1, -0.05) is 30.5 Å². The minimum Gasteiger partial charge on any atom is -0.371 e. The van der Waals surface area contributed by atoms with Gasteiger partial charge in [0.1, 0.15) is 0 Å². The van der Waals surface area contributed by atoms with E-state index in [0.29, 0.717) is 18.2 Å². The van der Waals surface area contributed by atoms with E-state index in [0.717, 1.165) is 18.5 Å². The number of hydrogen-bond acceptors (Lipinski definition) is 4. The van der Waals surface area contributed by atoms with Crippen molar-refractivity contribution in [3.05, 3.63) is 24.4 Å². The number of carbonyl (C=O) groups excluding carboxylic acids is 1. The Morgan fingerprint density at radius 1 is 1.45 bits per heavy atom. The summed E-state index contributed by atoms with van der Waals surface area (Å²) >= 11 is 0. The smallest absolute Gasteiger partial charge is 0.329 e. The zero-order valence-corrected chi connectivity index (χ0v) is 12.9. The van der Waals surface area contributed by atoms with Crippen molar-refractivity contribution < 1.29 is 14.4 Å². The Balaban J connectivity index is 1.80. The molecule has 120 valence electrons. The maximum Gasteiger partial charge on any atom is 0.329 e. The second-order valence-corrected chi connectivity index (χ2v) is 6.19. The van der Waals surface area contributed by atoms with Crippen LogP contribution in [0.5, 0.6) is 0 Å². The molecule has 0 bridgehead atoms. The lowest BCUT2D eigenvalue weighted by molar-refractivity contribution is 0.127. The van der Waals surface area contributed by atoms with Gasteiger partial charge in [0.05, 0.1) is 11.7 Å². The van der Waals surface area contributed by atoms with E-state index < -0.39 is 6.23 Å². The van der Waals surface area contributed by atoms with Crippen LogP contribution in [0.1, 0.15) is 50.1 Å². The third-order valence-electron chi connectivity index (χ3n) is 4.80. The number of aliphatic hydroxyl groups excluding tert-OH is 1. The first kappa shape index (κ1) is 15.1. The summed E-state index contributed by atoms with van der Waals surface area (Å²) in [4.78, 5) is 15.2. The zero-order chi connectivity index (χ0) is 15.7. The minimum atomic E-state index is -0.942. The second-order valence-electron chi connectivity index (χ2n) is 6.19. The van der Waals surface area contributed by atoms with Crippen LogP contribution >= 0.6 is 0 Å². The first-order valence-electron chi connectivity index (χ1n) is 7.95. The molecule has 0 spiro atoms. The fourth-order valence-electron chi connectivity index (χ4n) is 3.46. The van der Waals surface area contributed by atoms with Crippen molar-refractivity contribution in [2.75, 3.05) is 11.9 Å². The monoisotopic (exact) mass is 305 g/mol. The highest BCUT2D eigenvalue weighted by atomic mass is 16.5. The molecule has 0 radical (unpaired) electrons. The minimum absolute atomic E-state index is 0.273. The maximum absolute atomic E-state index is 12.4. The van der Waals surface area contributed by atoms with Gasteiger partial charge in [-0.05, 0) is 19.3 Å². The Morgan fingerprint density at radius 3 is 2.86 bits per heavy atom. The molecule has 1 aliphatic heterocycles. The number of rotatable bonds is 4. The van der Waals surface area contributed by atoms with Crippen molar-refractivity contribution in [1.29, 1.82) is 0 Å². The first-order valence-corrected chi connectivity index (χ1v) is 7.95. The molecule has 0 aromatic carbocycles. The largest absolute Gasteiger partial charge is 0.371 e. The normalized spacial score (nSPS) is 26.7. The predicted molar refractivity (Wildman–Crippen MR) is 82.6 cm³/mol. The number of anilines is 1. The fourth-order valence-corrected chi connectivity index (χ4v) is 3.46. The number of aromatic nitrogens is 1. The zero-order valence-electron chi connectivity index (χ0n) is 12.9. The molecule has 2 fully saturated rings. The molecule has 1 aliphatic carbocycles. The van der Waals surface area contributed by atoms with Crippen molar-refractivity contribution in [3.63, 3.8) is 0 Å². The molecule has 2 heterocycles. The maximum atomic E-state index is 12.4. The molecule has 6 heteroatoms. The summed E-state index contributed by atoms with van der Waals surface area (Å²) in [6.45, 7) is 3.68. The number of likely N-dealkylation sites (N-methyl/N-ethyl adjacent to an activating group) is 1. The quantitative estimate of drug-likeness (QED) is 0.868. The summed E-state index contributed by atoms with van der Waals surface area (Å²) in [7, 11) is 1.68. The third kappa shape index (κ3) is 2.52. The van der Waals surface area contributed by atoms with Crippen molar-refractivity contribution in [1.82, 2.24) is 10.1 Å². The van der Waals surface area contributed by atoms with Crippen LogP contribution in [0.25, 0.3) is 0 Å². The lowest BCUT2D eigenvalue weighted by atomic mass is 9.87. The van der Waals surface area contributed by atoms with Crippen molar-refractivity contribution >= 4 is 11.9 Å². The number of hydrogen-bond donors (Lipinski definition) is 1. The van der Waals surface area contributed by atoms with Crippen LogP contribution in [0, 0.1) is 0 Å². The summed E-state index contributed by atoms with van der Waals surface area (Å²) in [6, 6.07) is 1.22. The second kappa shape index (κ2) is 6.12. The van der Waals surface area contributed by atoms with Gasteiger partial charge in [-0.25, -0.2) is 9.69 Å². The predicted octanol–water partition coefficient (Wildman–Crippen LogP) is 2.86. The first-order chi connectivity index (χ1) is 10.6. The summed E-state index contributed by atoms with van der Waals surface area (Å²) in [5.41, 5.74) is 0.893. The lowest BCUT2D eigenvalue weighted by Crippen LogP contribution is -2.36. The molecule has 1 N–H and O–H groups in total. The Hall–Kier alpha value is -1.82. The number of urea groups is 1. The van der Waals surface area contributed by atoms with Gasteiger partial charge in [0.15, 0.2) is 6.23 Å². The van der Waals surface area contributed by atoms with E-state index in [1.807, 2.05) is 0 Å². The molecule has 1 saturated heterocycles. The van der Waals surface area contributed by atoms with Crippen LogP contribution in [-0.2, 0) is 0 Å². The summed E-state index contributed by atoms with van der Waals surface area (Å²) in [6.07, 6.45) is 7.22. The van der Waals surface area contributed by atoms with E-state index in [1.54, 1.807) is 19.2 Å². The molecule has 2 atom stereocenters. The van der Waals surface area contributed by atoms with E-state index in [2.05, 4.69) is 11.7 Å². The Bertz CT molecular complexity index is 551. The van der Waals surface area contributed by atoms with Gasteiger partial charge >= 0.3 is 6.03 Å². The highest BCUT2D eigenvalue weighted by Crippen LogP contribution is 2.35. The number of carbonyl (C=O) groups is 1. The number of amides is 2. The number of nitrogens with zero attached hydrogens (tertiary/aromatic N) is 3. The van der Waals surface area contributed by atoms with Crippen LogP contribution < -0.4 is 4.90 Å². The van der Waals surface area contributed by atoms with Crippen molar-refractivity contribution in [2.24, 2.45) is 0 Å². The van der Waals surface area contributed by atoms with E-state index >= 15 is 0 Å². The van der Waals surface area contributed by atoms with E-state index in [9.17, 15) is 9.90 Å². The summed E-state index contributed by atoms with van der Waals surface area (Å²) < 4.78 is 5.36. The van der Waals surface area contributed by atoms with Gasteiger partial charge in [0.25, 0.3) is 0 Å². The lowest BCUT2D eigenvalue weighted by Gasteiger charge is -2.19. The molecular weight excluding hydrogens is 282 g/mol. The van der Waals surface area contributed by atoms with Crippen LogP contribution in [0.4, 0.5) is 10.7 Å². The average molecular weight is 305 g/mol. The average Bonchev–Trinajstić information content (AvgIpc) is 3.09. The Labute approximate surface area is 130 Å². The topological polar surface area (TPSA) is 69.8 Å². The van der Waals surface area contributed by atoms with Gasteiger partial charge in [0.2, 0.25) is 5.88 Å². The molecule has 3 rings (SSSR count). The van der Waals surface area contributed by atoms with Crippen LogP contribution in [0.2, 0.25) is 0 Å². The molecule has 1 aromatic heterocycles. The highest BCUT2D eigenvalue weighted by molar-refractivity contribution is 5.93. The molecule has 2 unspecified atom stereocenters. The van der Waals surface area contributed by atoms with Gasteiger partial charge in [-0.2, -0.15) is 0 Å². The molecule has 1 saturated carbocycles. The SMILES string of the molecule is C=CCC1C(O)N(c2cc(C3CCCCC3)no2)C(=O)N1C. The molecule has 2 amide bonds. The Morgan fingerprint density at radius 2 is 2.18 bits per heavy atom.